The van der Waals surface area contributed by atoms with Gasteiger partial charge in [0.15, 0.2) is 0 Å². The van der Waals surface area contributed by atoms with E-state index in [1.54, 1.807) is 0 Å². The van der Waals surface area contributed by atoms with Gasteiger partial charge < -0.3 is 39.6 Å². The van der Waals surface area contributed by atoms with Crippen LogP contribution in [0.4, 0.5) is 0 Å². The SMILES string of the molecule is CCCCCCCC/C=C\CCCCCCCC(=O)[O-].CCCCCCCC/C=C\CCCCCCCC(=O)[O-].CCCCCCCC/C=C\CCCCCCCC(=O)[O-].CCCCCCCC/C=C\CCCCCCCC(=O)[O-].[Ca+2].[Fe+2]. The van der Waals surface area contributed by atoms with E-state index in [2.05, 4.69) is 76.3 Å². The van der Waals surface area contributed by atoms with Crippen LogP contribution < -0.4 is 20.4 Å². The Hall–Kier alpha value is -1.38. The Morgan fingerprint density at radius 3 is 0.439 bits per heavy atom. The van der Waals surface area contributed by atoms with Crippen molar-refractivity contribution < 1.29 is 56.7 Å². The molecular weight excluding hydrogens is 1090 g/mol. The van der Waals surface area contributed by atoms with E-state index in [4.69, 9.17) is 0 Å². The Morgan fingerprint density at radius 2 is 0.317 bits per heavy atom. The van der Waals surface area contributed by atoms with E-state index < -0.39 is 23.9 Å². The minimum atomic E-state index is -0.914. The van der Waals surface area contributed by atoms with Crippen molar-refractivity contribution >= 4 is 61.6 Å². The maximum Gasteiger partial charge on any atom is 2.00 e. The van der Waals surface area contributed by atoms with E-state index in [0.717, 1.165) is 77.0 Å². The first kappa shape index (κ1) is 91.8. The molecule has 0 fully saturated rings. The zero-order valence-corrected chi connectivity index (χ0v) is 57.9. The van der Waals surface area contributed by atoms with Crippen LogP contribution in [-0.4, -0.2) is 61.6 Å². The van der Waals surface area contributed by atoms with Crippen LogP contribution in [0.5, 0.6) is 0 Å². The summed E-state index contributed by atoms with van der Waals surface area (Å²) in [6.07, 6.45) is 83.6. The van der Waals surface area contributed by atoms with Gasteiger partial charge in [-0.25, -0.2) is 0 Å². The summed E-state index contributed by atoms with van der Waals surface area (Å²) in [6, 6.07) is 0. The molecule has 0 bridgehead atoms. The average molecular weight is 1220 g/mol. The van der Waals surface area contributed by atoms with Gasteiger partial charge in [0.2, 0.25) is 0 Å². The standard InChI is InChI=1S/4C18H34O2.Ca.Fe/c4*1-2-3-4-5-6-7-8-9-10-11-12-13-14-15-16-17-18(19)20;;/h4*9-10H,2-8,11-17H2,1H3,(H,19,20);;/q;;;;2*+2/p-4/b4*10-9-;;. The van der Waals surface area contributed by atoms with Gasteiger partial charge in [-0.15, -0.1) is 0 Å². The van der Waals surface area contributed by atoms with Crippen molar-refractivity contribution in [2.45, 2.75) is 387 Å². The normalized spacial score (nSPS) is 11.0. The second-order valence-electron chi connectivity index (χ2n) is 22.8. The second kappa shape index (κ2) is 88.4. The van der Waals surface area contributed by atoms with Crippen LogP contribution in [-0.2, 0) is 36.2 Å². The molecule has 0 amide bonds. The zero-order chi connectivity index (χ0) is 59.6. The Morgan fingerprint density at radius 1 is 0.207 bits per heavy atom. The smallest absolute Gasteiger partial charge is 0.550 e. The maximum atomic E-state index is 10.2. The first-order valence-electron chi connectivity index (χ1n) is 34.5. The number of unbranched alkanes of at least 4 members (excludes halogenated alkanes) is 44. The fourth-order valence-electron chi connectivity index (χ4n) is 9.36. The molecule has 0 unspecified atom stereocenters. The third kappa shape index (κ3) is 107. The number of carbonyl (C=O) groups is 4. The van der Waals surface area contributed by atoms with E-state index in [9.17, 15) is 39.6 Å². The van der Waals surface area contributed by atoms with Crippen LogP contribution in [0.1, 0.15) is 387 Å². The molecule has 0 aliphatic rings. The van der Waals surface area contributed by atoms with Gasteiger partial charge in [0.1, 0.15) is 0 Å². The molecule has 0 saturated heterocycles. The predicted molar refractivity (Wildman–Crippen MR) is 344 cm³/mol. The molecule has 0 aromatic rings. The summed E-state index contributed by atoms with van der Waals surface area (Å²) >= 11 is 0. The summed E-state index contributed by atoms with van der Waals surface area (Å²) in [6.45, 7) is 9.02. The molecule has 0 heterocycles. The summed E-state index contributed by atoms with van der Waals surface area (Å²) in [4.78, 5) is 40.9. The van der Waals surface area contributed by atoms with Gasteiger partial charge in [-0.1, -0.05) is 282 Å². The van der Waals surface area contributed by atoms with Crippen molar-refractivity contribution in [3.05, 3.63) is 48.6 Å². The summed E-state index contributed by atoms with van der Waals surface area (Å²) < 4.78 is 0. The molecule has 0 aliphatic heterocycles. The number of rotatable bonds is 60. The quantitative estimate of drug-likeness (QED) is 0.0330. The van der Waals surface area contributed by atoms with E-state index in [0.29, 0.717) is 0 Å². The summed E-state index contributed by atoms with van der Waals surface area (Å²) in [5.41, 5.74) is 0. The molecule has 8 nitrogen and oxygen atoms in total. The van der Waals surface area contributed by atoms with Crippen LogP contribution in [0.3, 0.4) is 0 Å². The van der Waals surface area contributed by atoms with Crippen molar-refractivity contribution in [3.63, 3.8) is 0 Å². The molecule has 0 N–H and O–H groups in total. The van der Waals surface area contributed by atoms with E-state index in [1.165, 1.54) is 257 Å². The molecule has 0 radical (unpaired) electrons. The molecule has 0 atom stereocenters. The molecule has 0 rings (SSSR count). The molecule has 0 spiro atoms. The van der Waals surface area contributed by atoms with E-state index in [1.807, 2.05) is 0 Å². The number of carboxylic acids is 4. The minimum absolute atomic E-state index is 0. The van der Waals surface area contributed by atoms with Crippen LogP contribution >= 0.6 is 0 Å². The summed E-state index contributed by atoms with van der Waals surface area (Å²) in [5.74, 6) is -3.66. The Bertz CT molecular complexity index is 1150. The Labute approximate surface area is 549 Å². The number of aliphatic carboxylic acids is 4. The van der Waals surface area contributed by atoms with Crippen molar-refractivity contribution in [2.24, 2.45) is 0 Å². The van der Waals surface area contributed by atoms with Crippen LogP contribution in [0.15, 0.2) is 48.6 Å². The molecule has 478 valence electrons. The molecular formula is C72H132CaFeO8. The van der Waals surface area contributed by atoms with Gasteiger partial charge in [0, 0.05) is 23.9 Å². The van der Waals surface area contributed by atoms with E-state index >= 15 is 0 Å². The van der Waals surface area contributed by atoms with Crippen LogP contribution in [0, 0.1) is 0 Å². The number of hydrogen-bond donors (Lipinski definition) is 0. The third-order valence-electron chi connectivity index (χ3n) is 14.6. The average Bonchev–Trinajstić information content (AvgIpc) is 3.43. The number of hydrogen-bond acceptors (Lipinski definition) is 8. The van der Waals surface area contributed by atoms with Gasteiger partial charge in [-0.05, 0) is 154 Å². The molecule has 0 aliphatic carbocycles. The van der Waals surface area contributed by atoms with Gasteiger partial charge in [-0.2, -0.15) is 0 Å². The summed E-state index contributed by atoms with van der Waals surface area (Å²) in [5, 5.41) is 40.9. The van der Waals surface area contributed by atoms with Crippen LogP contribution in [0.2, 0.25) is 0 Å². The fraction of sp³-hybridized carbons (Fsp3) is 0.833. The van der Waals surface area contributed by atoms with Crippen molar-refractivity contribution in [1.82, 2.24) is 0 Å². The molecule has 0 aromatic carbocycles. The van der Waals surface area contributed by atoms with Crippen LogP contribution in [0.25, 0.3) is 0 Å². The number of carbonyl (C=O) groups excluding carboxylic acids is 4. The number of carboxylic acid groups (broad SMARTS) is 4. The summed E-state index contributed by atoms with van der Waals surface area (Å²) in [7, 11) is 0. The zero-order valence-electron chi connectivity index (χ0n) is 54.5. The van der Waals surface area contributed by atoms with Gasteiger partial charge in [0.05, 0.1) is 0 Å². The van der Waals surface area contributed by atoms with Crippen molar-refractivity contribution in [2.75, 3.05) is 0 Å². The van der Waals surface area contributed by atoms with Crippen molar-refractivity contribution in [1.29, 1.82) is 0 Å². The van der Waals surface area contributed by atoms with Gasteiger partial charge in [-0.3, -0.25) is 0 Å². The van der Waals surface area contributed by atoms with E-state index in [-0.39, 0.29) is 80.5 Å². The van der Waals surface area contributed by atoms with Gasteiger partial charge >= 0.3 is 54.8 Å². The predicted octanol–water partition coefficient (Wildman–Crippen LogP) is 18.7. The monoisotopic (exact) mass is 1220 g/mol. The third-order valence-corrected chi connectivity index (χ3v) is 14.6. The fourth-order valence-corrected chi connectivity index (χ4v) is 9.36. The molecule has 0 aromatic heterocycles. The Kier molecular flexibility index (Phi) is 98.9. The molecule has 0 saturated carbocycles. The van der Waals surface area contributed by atoms with Crippen molar-refractivity contribution in [3.8, 4) is 0 Å². The first-order chi connectivity index (χ1) is 39.1. The molecule has 10 heteroatoms. The first-order valence-corrected chi connectivity index (χ1v) is 34.5. The second-order valence-corrected chi connectivity index (χ2v) is 22.8. The Balaban J connectivity index is -0.000000233. The number of allylic oxidation sites excluding steroid dienone is 8. The maximum absolute atomic E-state index is 10.2. The minimum Gasteiger partial charge on any atom is -0.550 e. The molecule has 82 heavy (non-hydrogen) atoms. The largest absolute Gasteiger partial charge is 2.00 e. The van der Waals surface area contributed by atoms with Gasteiger partial charge in [0.25, 0.3) is 0 Å². The topological polar surface area (TPSA) is 161 Å².